The molecule has 1 N–H and O–H groups in total. The van der Waals surface area contributed by atoms with E-state index in [4.69, 9.17) is 16.9 Å². The Balaban J connectivity index is 2.40. The molecule has 0 radical (unpaired) electrons. The lowest BCUT2D eigenvalue weighted by molar-refractivity contribution is 0.210. The summed E-state index contributed by atoms with van der Waals surface area (Å²) in [5.41, 5.74) is 0.511. The van der Waals surface area contributed by atoms with Gasteiger partial charge in [0.15, 0.2) is 0 Å². The summed E-state index contributed by atoms with van der Waals surface area (Å²) < 4.78 is 13.7. The first-order valence-electron chi connectivity index (χ1n) is 5.12. The van der Waals surface area contributed by atoms with Crippen molar-refractivity contribution < 1.29 is 9.50 Å². The molecule has 2 aromatic rings. The zero-order valence-electron chi connectivity index (χ0n) is 9.14. The molecule has 1 aromatic heterocycles. The Morgan fingerprint density at radius 3 is 2.72 bits per heavy atom. The van der Waals surface area contributed by atoms with Crippen LogP contribution in [0.25, 0.3) is 0 Å². The van der Waals surface area contributed by atoms with Gasteiger partial charge in [-0.15, -0.1) is 0 Å². The number of nitriles is 1. The fourth-order valence-corrected chi connectivity index (χ4v) is 1.72. The SMILES string of the molecule is N#Cc1ccc(C(O)c2cccc(Cl)n2)c(F)c1. The van der Waals surface area contributed by atoms with Gasteiger partial charge in [0.25, 0.3) is 0 Å². The summed E-state index contributed by atoms with van der Waals surface area (Å²) in [5.74, 6) is -0.650. The topological polar surface area (TPSA) is 56.9 Å². The van der Waals surface area contributed by atoms with E-state index in [0.717, 1.165) is 6.07 Å². The van der Waals surface area contributed by atoms with Crippen molar-refractivity contribution in [3.8, 4) is 6.07 Å². The Morgan fingerprint density at radius 2 is 2.11 bits per heavy atom. The molecule has 1 atom stereocenters. The summed E-state index contributed by atoms with van der Waals surface area (Å²) in [5, 5.41) is 18.9. The fourth-order valence-electron chi connectivity index (χ4n) is 1.55. The van der Waals surface area contributed by atoms with Crippen molar-refractivity contribution in [1.29, 1.82) is 5.26 Å². The summed E-state index contributed by atoms with van der Waals surface area (Å²) in [7, 11) is 0. The second kappa shape index (κ2) is 5.13. The minimum absolute atomic E-state index is 0.0590. The van der Waals surface area contributed by atoms with E-state index in [0.29, 0.717) is 0 Å². The highest BCUT2D eigenvalue weighted by atomic mass is 35.5. The van der Waals surface area contributed by atoms with Gasteiger partial charge in [0.2, 0.25) is 0 Å². The van der Waals surface area contributed by atoms with Crippen molar-refractivity contribution >= 4 is 11.6 Å². The van der Waals surface area contributed by atoms with Gasteiger partial charge >= 0.3 is 0 Å². The third-order valence-electron chi connectivity index (χ3n) is 2.44. The molecule has 3 nitrogen and oxygen atoms in total. The van der Waals surface area contributed by atoms with Crippen LogP contribution in [-0.2, 0) is 0 Å². The average Bonchev–Trinajstić information content (AvgIpc) is 2.37. The summed E-state index contributed by atoms with van der Waals surface area (Å²) in [6.07, 6.45) is -1.21. The number of pyridine rings is 1. The molecule has 18 heavy (non-hydrogen) atoms. The van der Waals surface area contributed by atoms with Crippen molar-refractivity contribution in [3.05, 3.63) is 64.2 Å². The summed E-state index contributed by atoms with van der Waals surface area (Å²) >= 11 is 5.70. The van der Waals surface area contributed by atoms with Gasteiger partial charge in [0.05, 0.1) is 17.3 Å². The van der Waals surface area contributed by atoms with E-state index in [1.807, 2.05) is 6.07 Å². The van der Waals surface area contributed by atoms with Crippen LogP contribution in [0.1, 0.15) is 22.9 Å². The number of hydrogen-bond donors (Lipinski definition) is 1. The molecule has 90 valence electrons. The van der Waals surface area contributed by atoms with Crippen LogP contribution in [-0.4, -0.2) is 10.1 Å². The molecule has 0 aliphatic heterocycles. The zero-order chi connectivity index (χ0) is 13.1. The molecule has 0 saturated heterocycles. The molecule has 0 bridgehead atoms. The van der Waals surface area contributed by atoms with Gasteiger partial charge in [-0.05, 0) is 24.3 Å². The van der Waals surface area contributed by atoms with Gasteiger partial charge < -0.3 is 5.11 Å². The molecular weight excluding hydrogens is 255 g/mol. The maximum absolute atomic E-state index is 13.7. The van der Waals surface area contributed by atoms with Crippen LogP contribution in [0.15, 0.2) is 36.4 Å². The van der Waals surface area contributed by atoms with Crippen molar-refractivity contribution in [3.63, 3.8) is 0 Å². The van der Waals surface area contributed by atoms with E-state index in [2.05, 4.69) is 4.98 Å². The molecule has 0 aliphatic carbocycles. The normalized spacial score (nSPS) is 11.9. The molecule has 0 saturated carbocycles. The first-order chi connectivity index (χ1) is 8.61. The Morgan fingerprint density at radius 1 is 1.33 bits per heavy atom. The maximum atomic E-state index is 13.7. The Kier molecular flexibility index (Phi) is 3.56. The highest BCUT2D eigenvalue weighted by Gasteiger charge is 2.16. The lowest BCUT2D eigenvalue weighted by Crippen LogP contribution is -2.05. The molecule has 0 aliphatic rings. The van der Waals surface area contributed by atoms with Crippen LogP contribution >= 0.6 is 11.6 Å². The maximum Gasteiger partial charge on any atom is 0.130 e. The van der Waals surface area contributed by atoms with Gasteiger partial charge in [-0.2, -0.15) is 5.26 Å². The molecule has 2 rings (SSSR count). The van der Waals surface area contributed by atoms with E-state index in [-0.39, 0.29) is 22.0 Å². The second-order valence-electron chi connectivity index (χ2n) is 3.64. The largest absolute Gasteiger partial charge is 0.382 e. The Labute approximate surface area is 108 Å². The smallest absolute Gasteiger partial charge is 0.130 e. The minimum Gasteiger partial charge on any atom is -0.382 e. The first kappa shape index (κ1) is 12.5. The predicted octanol–water partition coefficient (Wildman–Crippen LogP) is 2.83. The molecule has 1 aromatic carbocycles. The van der Waals surface area contributed by atoms with Crippen molar-refractivity contribution in [2.75, 3.05) is 0 Å². The molecule has 0 spiro atoms. The van der Waals surface area contributed by atoms with Crippen LogP contribution in [0.4, 0.5) is 4.39 Å². The lowest BCUT2D eigenvalue weighted by atomic mass is 10.0. The molecule has 1 heterocycles. The van der Waals surface area contributed by atoms with Crippen molar-refractivity contribution in [2.24, 2.45) is 0 Å². The first-order valence-corrected chi connectivity index (χ1v) is 5.49. The molecular formula is C13H8ClFN2O. The van der Waals surface area contributed by atoms with E-state index in [1.165, 1.54) is 12.1 Å². The number of benzene rings is 1. The number of aliphatic hydroxyl groups is 1. The van der Waals surface area contributed by atoms with Gasteiger partial charge in [-0.25, -0.2) is 9.37 Å². The third kappa shape index (κ3) is 2.48. The van der Waals surface area contributed by atoms with Crippen LogP contribution < -0.4 is 0 Å². The minimum atomic E-state index is -1.21. The van der Waals surface area contributed by atoms with Gasteiger partial charge in [0.1, 0.15) is 17.1 Å². The van der Waals surface area contributed by atoms with E-state index in [1.54, 1.807) is 18.2 Å². The van der Waals surface area contributed by atoms with Gasteiger partial charge in [-0.3, -0.25) is 0 Å². The van der Waals surface area contributed by atoms with E-state index >= 15 is 0 Å². The van der Waals surface area contributed by atoms with Gasteiger partial charge in [-0.1, -0.05) is 23.7 Å². The fraction of sp³-hybridized carbons (Fsp3) is 0.0769. The van der Waals surface area contributed by atoms with Crippen molar-refractivity contribution in [2.45, 2.75) is 6.10 Å². The van der Waals surface area contributed by atoms with Gasteiger partial charge in [0, 0.05) is 5.56 Å². The summed E-state index contributed by atoms with van der Waals surface area (Å²) in [6, 6.07) is 10.4. The summed E-state index contributed by atoms with van der Waals surface area (Å²) in [6.45, 7) is 0. The predicted molar refractivity (Wildman–Crippen MR) is 64.4 cm³/mol. The number of halogens is 2. The number of nitrogens with zero attached hydrogens (tertiary/aromatic N) is 2. The highest BCUT2D eigenvalue weighted by molar-refractivity contribution is 6.29. The van der Waals surface area contributed by atoms with Crippen LogP contribution in [0.5, 0.6) is 0 Å². The van der Waals surface area contributed by atoms with E-state index < -0.39 is 11.9 Å². The van der Waals surface area contributed by atoms with Crippen LogP contribution in [0.3, 0.4) is 0 Å². The third-order valence-corrected chi connectivity index (χ3v) is 2.65. The Bertz CT molecular complexity index is 625. The second-order valence-corrected chi connectivity index (χ2v) is 4.02. The molecule has 0 amide bonds. The number of rotatable bonds is 2. The monoisotopic (exact) mass is 262 g/mol. The summed E-state index contributed by atoms with van der Waals surface area (Å²) in [4.78, 5) is 3.92. The molecule has 0 fully saturated rings. The Hall–Kier alpha value is -1.96. The highest BCUT2D eigenvalue weighted by Crippen LogP contribution is 2.24. The number of hydrogen-bond acceptors (Lipinski definition) is 3. The van der Waals surface area contributed by atoms with Crippen LogP contribution in [0.2, 0.25) is 5.15 Å². The standard InChI is InChI=1S/C13H8ClFN2O/c14-12-3-1-2-11(17-12)13(18)9-5-4-8(7-16)6-10(9)15/h1-6,13,18H. The van der Waals surface area contributed by atoms with E-state index in [9.17, 15) is 9.50 Å². The lowest BCUT2D eigenvalue weighted by Gasteiger charge is -2.11. The molecule has 1 unspecified atom stereocenters. The van der Waals surface area contributed by atoms with Crippen LogP contribution in [0, 0.1) is 17.1 Å². The van der Waals surface area contributed by atoms with Crippen molar-refractivity contribution in [1.82, 2.24) is 4.98 Å². The zero-order valence-corrected chi connectivity index (χ0v) is 9.89. The number of aliphatic hydroxyl groups excluding tert-OH is 1. The molecule has 5 heteroatoms. The quantitative estimate of drug-likeness (QED) is 0.847. The average molecular weight is 263 g/mol. The number of aromatic nitrogens is 1.